The summed E-state index contributed by atoms with van der Waals surface area (Å²) in [5.41, 5.74) is 0. The van der Waals surface area contributed by atoms with Crippen molar-refractivity contribution in [2.45, 2.75) is 0 Å². The maximum atomic E-state index is 8.39. The molecule has 0 saturated carbocycles. The van der Waals surface area contributed by atoms with Gasteiger partial charge in [0.1, 0.15) is 0 Å². The largest absolute Gasteiger partial charge is 0.0149 e. The molecule has 0 aliphatic carbocycles. The van der Waals surface area contributed by atoms with Crippen molar-refractivity contribution in [1.29, 1.82) is 0 Å². The minimum absolute atomic E-state index is 0. The van der Waals surface area contributed by atoms with E-state index in [1.54, 1.807) is 0 Å². The Morgan fingerprint density at radius 3 is 1.25 bits per heavy atom. The van der Waals surface area contributed by atoms with Crippen LogP contribution in [-0.2, 0) is 27.2 Å². The Morgan fingerprint density at radius 2 is 1.25 bits per heavy atom. The van der Waals surface area contributed by atoms with E-state index in [0.29, 0.717) is 0 Å². The average Bonchev–Trinajstić information content (AvgIpc) is 1.00. The molecule has 0 bridgehead atoms. The van der Waals surface area contributed by atoms with Crippen molar-refractivity contribution >= 4 is 28.3 Å². The smallest absolute Gasteiger partial charge is 0.0149 e. The Hall–Kier alpha value is 1.42. The third kappa shape index (κ3) is 9.93. The van der Waals surface area contributed by atoms with Crippen molar-refractivity contribution in [1.82, 2.24) is 0 Å². The van der Waals surface area contributed by atoms with Gasteiger partial charge in [-0.2, -0.15) is 0 Å². The predicted octanol–water partition coefficient (Wildman–Crippen LogP) is -2.76. The summed E-state index contributed by atoms with van der Waals surface area (Å²) in [5, 5.41) is 0. The third-order valence-electron chi connectivity index (χ3n) is 0. The zero-order valence-corrected chi connectivity index (χ0v) is 4.50. The minimum atomic E-state index is 0. The first-order chi connectivity index (χ1) is 1.00. The first-order valence-corrected chi connectivity index (χ1v) is 1.67. The van der Waals surface area contributed by atoms with E-state index in [9.17, 15) is 0 Å². The van der Waals surface area contributed by atoms with E-state index in [-0.39, 0.29) is 52.7 Å². The standard InChI is InChI=1S/Al.Hf.O.H4Si.3H/h;;;1H4;;;. The molecule has 0 unspecified atom stereocenters. The molecule has 0 radical (unpaired) electrons. The van der Waals surface area contributed by atoms with Crippen LogP contribution in [0.5, 0.6) is 0 Å². The molecule has 0 fully saturated rings. The quantitative estimate of drug-likeness (QED) is 0.430. The summed E-state index contributed by atoms with van der Waals surface area (Å²) in [6.45, 7) is 0. The Balaban J connectivity index is -0.00000000500. The van der Waals surface area contributed by atoms with E-state index in [0.717, 1.165) is 0 Å². The van der Waals surface area contributed by atoms with Crippen LogP contribution in [0, 0.1) is 0 Å². The fourth-order valence-corrected chi connectivity index (χ4v) is 0. The molecular weight excluding hydrogens is 250 g/mol. The molecule has 0 saturated heterocycles. The van der Waals surface area contributed by atoms with E-state index in [2.05, 4.69) is 0 Å². The van der Waals surface area contributed by atoms with Crippen molar-refractivity contribution in [2.75, 3.05) is 0 Å². The van der Waals surface area contributed by atoms with Gasteiger partial charge in [-0.15, -0.1) is 0 Å². The van der Waals surface area contributed by atoms with Crippen LogP contribution in [0.15, 0.2) is 0 Å². The summed E-state index contributed by atoms with van der Waals surface area (Å²) in [6.07, 6.45) is 0. The van der Waals surface area contributed by atoms with Crippen LogP contribution in [0.1, 0.15) is 0 Å². The summed E-state index contributed by atoms with van der Waals surface area (Å²) >= 11 is 0.0556. The van der Waals surface area contributed by atoms with Crippen molar-refractivity contribution in [3.8, 4) is 0 Å². The summed E-state index contributed by atoms with van der Waals surface area (Å²) in [6, 6.07) is 0. The van der Waals surface area contributed by atoms with Gasteiger partial charge in [0, 0.05) is 0 Å². The first-order valence-electron chi connectivity index (χ1n) is 0.204. The number of hydrogen-bond donors (Lipinski definition) is 0. The average molecular weight is 257 g/mol. The molecule has 0 aromatic carbocycles. The van der Waals surface area contributed by atoms with Gasteiger partial charge in [0.15, 0.2) is 17.4 Å². The van der Waals surface area contributed by atoms with Crippen LogP contribution in [0.2, 0.25) is 0 Å². The topological polar surface area (TPSA) is 17.1 Å². The van der Waals surface area contributed by atoms with Gasteiger partial charge in [-0.25, -0.2) is 0 Å². The normalized spacial score (nSPS) is 0.750. The molecule has 0 heterocycles. The predicted molar refractivity (Wildman–Crippen MR) is 22.0 cm³/mol. The van der Waals surface area contributed by atoms with E-state index in [4.69, 9.17) is 2.85 Å². The Labute approximate surface area is 55.3 Å². The van der Waals surface area contributed by atoms with Gasteiger partial charge < -0.3 is 0 Å². The molecular formula is H7AlHfOSi. The van der Waals surface area contributed by atoms with Crippen LogP contribution in [0.25, 0.3) is 0 Å². The molecule has 0 aromatic rings. The molecule has 0 rings (SSSR count). The summed E-state index contributed by atoms with van der Waals surface area (Å²) < 4.78 is 8.39. The molecule has 4 heteroatoms. The first kappa shape index (κ1) is 18.1. The van der Waals surface area contributed by atoms with E-state index < -0.39 is 0 Å². The van der Waals surface area contributed by atoms with Gasteiger partial charge in [-0.1, -0.05) is 0 Å². The number of rotatable bonds is 0. The Morgan fingerprint density at radius 1 is 1.25 bits per heavy atom. The van der Waals surface area contributed by atoms with Crippen molar-refractivity contribution in [3.05, 3.63) is 0 Å². The summed E-state index contributed by atoms with van der Waals surface area (Å²) in [7, 11) is 0. The van der Waals surface area contributed by atoms with E-state index in [1.807, 2.05) is 0 Å². The van der Waals surface area contributed by atoms with Crippen LogP contribution in [0.4, 0.5) is 0 Å². The molecule has 0 aliphatic rings. The molecule has 24 valence electrons. The van der Waals surface area contributed by atoms with Crippen molar-refractivity contribution in [3.63, 3.8) is 0 Å². The molecule has 0 atom stereocenters. The maximum absolute atomic E-state index is 8.39. The Bertz CT molecular complexity index is 8.00. The molecule has 0 amide bonds. The second kappa shape index (κ2) is 25.6. The van der Waals surface area contributed by atoms with Gasteiger partial charge >= 0.3 is 27.2 Å². The van der Waals surface area contributed by atoms with Gasteiger partial charge in [0.25, 0.3) is 0 Å². The minimum Gasteiger partial charge on any atom is -0.0149 e. The monoisotopic (exact) mass is 258 g/mol. The van der Waals surface area contributed by atoms with Gasteiger partial charge in [-0.3, -0.25) is 0 Å². The van der Waals surface area contributed by atoms with Crippen LogP contribution in [-0.4, -0.2) is 28.3 Å². The zero-order chi connectivity index (χ0) is 2.00. The molecule has 0 aliphatic heterocycles. The molecule has 0 spiro atoms. The zero-order valence-electron chi connectivity index (χ0n) is 0.908. The number of hydrogen-bond acceptors (Lipinski definition) is 1. The van der Waals surface area contributed by atoms with E-state index >= 15 is 0 Å². The SMILES string of the molecule is [AlH3].[O]=[Hf].[SiH4]. The van der Waals surface area contributed by atoms with Crippen LogP contribution < -0.4 is 0 Å². The molecule has 0 aromatic heterocycles. The fraction of sp³-hybridized carbons (Fsp3) is 0. The van der Waals surface area contributed by atoms with Gasteiger partial charge in [0.05, 0.1) is 0 Å². The maximum Gasteiger partial charge on any atom is -0.0149 e. The van der Waals surface area contributed by atoms with E-state index in [1.165, 1.54) is 0 Å². The third-order valence-corrected chi connectivity index (χ3v) is 0. The molecule has 4 heavy (non-hydrogen) atoms. The van der Waals surface area contributed by atoms with Crippen molar-refractivity contribution < 1.29 is 27.2 Å². The molecule has 0 N–H and O–H groups in total. The molecule has 1 nitrogen and oxygen atoms in total. The van der Waals surface area contributed by atoms with Gasteiger partial charge in [-0.05, 0) is 11.0 Å². The fourth-order valence-electron chi connectivity index (χ4n) is 0. The second-order valence-electron chi connectivity index (χ2n) is 0. The second-order valence-corrected chi connectivity index (χ2v) is 0. The summed E-state index contributed by atoms with van der Waals surface area (Å²) in [4.78, 5) is 0. The van der Waals surface area contributed by atoms with Crippen molar-refractivity contribution in [2.24, 2.45) is 0 Å². The van der Waals surface area contributed by atoms with Crippen LogP contribution in [0.3, 0.4) is 0 Å². The summed E-state index contributed by atoms with van der Waals surface area (Å²) in [5.74, 6) is 0. The van der Waals surface area contributed by atoms with Crippen LogP contribution >= 0.6 is 0 Å². The van der Waals surface area contributed by atoms with Gasteiger partial charge in [0.2, 0.25) is 0 Å². The Kier molecular flexibility index (Phi) is 116.